The van der Waals surface area contributed by atoms with Crippen molar-refractivity contribution < 1.29 is 8.42 Å². The van der Waals surface area contributed by atoms with E-state index in [-0.39, 0.29) is 12.0 Å². The van der Waals surface area contributed by atoms with E-state index >= 15 is 0 Å². The van der Waals surface area contributed by atoms with E-state index in [2.05, 4.69) is 34.3 Å². The fraction of sp³-hybridized carbons (Fsp3) is 0.364. The number of nitrogens with one attached hydrogen (secondary N) is 2. The van der Waals surface area contributed by atoms with E-state index < -0.39 is 15.6 Å². The lowest BCUT2D eigenvalue weighted by molar-refractivity contribution is 0.425. The molecule has 28 heavy (non-hydrogen) atoms. The van der Waals surface area contributed by atoms with Gasteiger partial charge in [-0.15, -0.1) is 0 Å². The smallest absolute Gasteiger partial charge is 0.241 e. The molecule has 2 N–H and O–H groups in total. The van der Waals surface area contributed by atoms with Crippen LogP contribution in [0.2, 0.25) is 5.02 Å². The van der Waals surface area contributed by atoms with Gasteiger partial charge in [0.1, 0.15) is 0 Å². The first-order chi connectivity index (χ1) is 13.1. The van der Waals surface area contributed by atoms with Gasteiger partial charge in [-0.2, -0.15) is 0 Å². The van der Waals surface area contributed by atoms with Gasteiger partial charge < -0.3 is 5.32 Å². The van der Waals surface area contributed by atoms with E-state index in [1.807, 2.05) is 45.0 Å². The largest absolute Gasteiger partial charge is 0.378 e. The molecule has 0 bridgehead atoms. The summed E-state index contributed by atoms with van der Waals surface area (Å²) in [6, 6.07) is 13.5. The van der Waals surface area contributed by atoms with Crippen molar-refractivity contribution in [3.05, 3.63) is 70.8 Å². The number of hydrogen-bond donors (Lipinski definition) is 2. The average Bonchev–Trinajstić information content (AvgIpc) is 3.09. The third kappa shape index (κ3) is 3.71. The van der Waals surface area contributed by atoms with E-state index in [0.717, 1.165) is 22.7 Å². The fourth-order valence-electron chi connectivity index (χ4n) is 4.20. The zero-order valence-electron chi connectivity index (χ0n) is 16.2. The molecule has 0 spiro atoms. The molecule has 4 rings (SSSR count). The lowest BCUT2D eigenvalue weighted by Crippen LogP contribution is -2.40. The lowest BCUT2D eigenvalue weighted by Gasteiger charge is -2.37. The molecule has 4 nitrogen and oxygen atoms in total. The quantitative estimate of drug-likeness (QED) is 0.672. The molecule has 1 aliphatic carbocycles. The highest BCUT2D eigenvalue weighted by molar-refractivity contribution is 7.89. The van der Waals surface area contributed by atoms with Crippen LogP contribution in [-0.4, -0.2) is 14.0 Å². The van der Waals surface area contributed by atoms with Gasteiger partial charge >= 0.3 is 0 Å². The molecule has 0 aromatic heterocycles. The van der Waals surface area contributed by atoms with E-state index in [1.165, 1.54) is 5.56 Å². The number of fused-ring (bicyclic) bond motifs is 3. The van der Waals surface area contributed by atoms with Crippen molar-refractivity contribution in [2.45, 2.75) is 49.6 Å². The van der Waals surface area contributed by atoms with Crippen molar-refractivity contribution in [3.8, 4) is 0 Å². The summed E-state index contributed by atoms with van der Waals surface area (Å²) in [7, 11) is -3.57. The van der Waals surface area contributed by atoms with Crippen LogP contribution in [0.3, 0.4) is 0 Å². The van der Waals surface area contributed by atoms with Gasteiger partial charge in [-0.1, -0.05) is 35.9 Å². The molecule has 2 aliphatic rings. The summed E-state index contributed by atoms with van der Waals surface area (Å²) in [5.74, 6) is 0.545. The van der Waals surface area contributed by atoms with E-state index in [1.54, 1.807) is 6.07 Å². The molecular weight excluding hydrogens is 392 g/mol. The van der Waals surface area contributed by atoms with Gasteiger partial charge in [0, 0.05) is 22.2 Å². The molecule has 0 fully saturated rings. The number of allylic oxidation sites excluding steroid dienone is 2. The molecule has 2 aromatic carbocycles. The minimum absolute atomic E-state index is 0.167. The third-order valence-corrected chi connectivity index (χ3v) is 7.32. The number of halogens is 1. The van der Waals surface area contributed by atoms with Crippen LogP contribution in [0.5, 0.6) is 0 Å². The minimum atomic E-state index is -3.57. The average molecular weight is 417 g/mol. The molecule has 1 aliphatic heterocycles. The highest BCUT2D eigenvalue weighted by Crippen LogP contribution is 2.50. The summed E-state index contributed by atoms with van der Waals surface area (Å²) in [6.07, 6.45) is 5.37. The van der Waals surface area contributed by atoms with Crippen molar-refractivity contribution in [3.63, 3.8) is 0 Å². The lowest BCUT2D eigenvalue weighted by atomic mass is 9.77. The Morgan fingerprint density at radius 1 is 1.11 bits per heavy atom. The van der Waals surface area contributed by atoms with Crippen LogP contribution in [0, 0.1) is 5.92 Å². The van der Waals surface area contributed by atoms with Crippen molar-refractivity contribution >= 4 is 27.3 Å². The Labute approximate surface area is 172 Å². The maximum Gasteiger partial charge on any atom is 0.241 e. The zero-order chi connectivity index (χ0) is 20.1. The molecule has 0 radical (unpaired) electrons. The zero-order valence-corrected chi connectivity index (χ0v) is 17.8. The normalized spacial score (nSPS) is 23.8. The predicted octanol–water partition coefficient (Wildman–Crippen LogP) is 5.24. The molecule has 6 heteroatoms. The van der Waals surface area contributed by atoms with Gasteiger partial charge in [0.15, 0.2) is 0 Å². The molecule has 3 unspecified atom stereocenters. The van der Waals surface area contributed by atoms with Crippen LogP contribution in [0.25, 0.3) is 0 Å². The van der Waals surface area contributed by atoms with Gasteiger partial charge in [-0.05, 0) is 74.6 Å². The van der Waals surface area contributed by atoms with E-state index in [9.17, 15) is 8.42 Å². The maximum atomic E-state index is 12.8. The predicted molar refractivity (Wildman–Crippen MR) is 114 cm³/mol. The first-order valence-electron chi connectivity index (χ1n) is 9.51. The number of sulfonamides is 1. The Bertz CT molecular complexity index is 1020. The Kier molecular flexibility index (Phi) is 4.81. The van der Waals surface area contributed by atoms with Crippen LogP contribution < -0.4 is 10.0 Å². The minimum Gasteiger partial charge on any atom is -0.378 e. The first-order valence-corrected chi connectivity index (χ1v) is 11.4. The van der Waals surface area contributed by atoms with Crippen molar-refractivity contribution in [1.29, 1.82) is 0 Å². The number of hydrogen-bond acceptors (Lipinski definition) is 3. The molecule has 3 atom stereocenters. The second-order valence-electron chi connectivity index (χ2n) is 8.63. The molecule has 0 saturated heterocycles. The molecule has 1 heterocycles. The number of rotatable bonds is 3. The Hall–Kier alpha value is -1.82. The summed E-state index contributed by atoms with van der Waals surface area (Å²) in [5.41, 5.74) is 2.70. The Morgan fingerprint density at radius 2 is 1.82 bits per heavy atom. The molecule has 0 saturated carbocycles. The van der Waals surface area contributed by atoms with Gasteiger partial charge in [-0.3, -0.25) is 0 Å². The van der Waals surface area contributed by atoms with E-state index in [0.29, 0.717) is 10.8 Å². The van der Waals surface area contributed by atoms with E-state index in [4.69, 9.17) is 11.6 Å². The third-order valence-electron chi connectivity index (χ3n) is 5.31. The van der Waals surface area contributed by atoms with Crippen LogP contribution in [-0.2, 0) is 10.0 Å². The second kappa shape index (κ2) is 6.90. The summed E-state index contributed by atoms with van der Waals surface area (Å²) in [6.45, 7) is 5.53. The van der Waals surface area contributed by atoms with Crippen LogP contribution in [0.1, 0.15) is 50.3 Å². The summed E-state index contributed by atoms with van der Waals surface area (Å²) in [4.78, 5) is 0.312. The summed E-state index contributed by atoms with van der Waals surface area (Å²) < 4.78 is 28.3. The van der Waals surface area contributed by atoms with Crippen LogP contribution in [0.4, 0.5) is 5.69 Å². The van der Waals surface area contributed by atoms with Crippen molar-refractivity contribution in [1.82, 2.24) is 4.72 Å². The van der Waals surface area contributed by atoms with Crippen molar-refractivity contribution in [2.75, 3.05) is 5.32 Å². The fourth-order valence-corrected chi connectivity index (χ4v) is 5.78. The molecule has 2 aromatic rings. The van der Waals surface area contributed by atoms with Gasteiger partial charge in [0.2, 0.25) is 10.0 Å². The number of benzene rings is 2. The maximum absolute atomic E-state index is 12.8. The highest BCUT2D eigenvalue weighted by Gasteiger charge is 2.38. The SMILES string of the molecule is CC(C)(C)NS(=O)(=O)c1ccc2c(c1)C1C=CCC1C(c1ccc(Cl)cc1)N2. The Morgan fingerprint density at radius 3 is 2.50 bits per heavy atom. The van der Waals surface area contributed by atoms with Gasteiger partial charge in [0.25, 0.3) is 0 Å². The van der Waals surface area contributed by atoms with Crippen LogP contribution in [0.15, 0.2) is 59.5 Å². The molecule has 0 amide bonds. The highest BCUT2D eigenvalue weighted by atomic mass is 35.5. The second-order valence-corrected chi connectivity index (χ2v) is 10.8. The standard InChI is InChI=1S/C22H25ClN2O2S/c1-22(2,3)25-28(26,27)16-11-12-20-19(13-16)17-5-4-6-18(17)21(24-20)14-7-9-15(23)10-8-14/h4-5,7-13,17-18,21,24-25H,6H2,1-3H3. The topological polar surface area (TPSA) is 58.2 Å². The Balaban J connectivity index is 1.72. The van der Waals surface area contributed by atoms with Gasteiger partial charge in [0.05, 0.1) is 10.9 Å². The summed E-state index contributed by atoms with van der Waals surface area (Å²) in [5, 5.41) is 4.36. The molecule has 148 valence electrons. The van der Waals surface area contributed by atoms with Crippen molar-refractivity contribution in [2.24, 2.45) is 5.92 Å². The first kappa shape index (κ1) is 19.5. The summed E-state index contributed by atoms with van der Waals surface area (Å²) >= 11 is 6.05. The monoisotopic (exact) mass is 416 g/mol. The van der Waals surface area contributed by atoms with Crippen LogP contribution >= 0.6 is 11.6 Å². The van der Waals surface area contributed by atoms with Gasteiger partial charge in [-0.25, -0.2) is 13.1 Å². The molecular formula is C22H25ClN2O2S. The number of anilines is 1.